The third-order valence-electron chi connectivity index (χ3n) is 2.84. The highest BCUT2D eigenvalue weighted by Gasteiger charge is 2.12. The van der Waals surface area contributed by atoms with E-state index >= 15 is 0 Å². The molecule has 0 aliphatic rings. The summed E-state index contributed by atoms with van der Waals surface area (Å²) in [4.78, 5) is 12.2. The molecule has 0 unspecified atom stereocenters. The van der Waals surface area contributed by atoms with Crippen LogP contribution in [0.3, 0.4) is 0 Å². The average molecular weight is 401 g/mol. The molecule has 0 saturated heterocycles. The van der Waals surface area contributed by atoms with Gasteiger partial charge in [0.25, 0.3) is 5.91 Å². The van der Waals surface area contributed by atoms with Crippen LogP contribution >= 0.6 is 46.4 Å². The Morgan fingerprint density at radius 2 is 1.71 bits per heavy atom. The predicted molar refractivity (Wildman–Crippen MR) is 98.9 cm³/mol. The van der Waals surface area contributed by atoms with E-state index in [4.69, 9.17) is 51.7 Å². The molecule has 1 amide bonds. The molecule has 2 aromatic carbocycles. The van der Waals surface area contributed by atoms with E-state index in [9.17, 15) is 4.79 Å². The van der Waals surface area contributed by atoms with E-state index in [2.05, 4.69) is 10.6 Å². The lowest BCUT2D eigenvalue weighted by atomic mass is 10.2. The van der Waals surface area contributed by atoms with Gasteiger partial charge in [0.2, 0.25) is 0 Å². The molecule has 2 N–H and O–H groups in total. The van der Waals surface area contributed by atoms with Gasteiger partial charge in [0.15, 0.2) is 0 Å². The molecule has 122 valence electrons. The molecule has 4 nitrogen and oxygen atoms in total. The van der Waals surface area contributed by atoms with Gasteiger partial charge in [0, 0.05) is 16.9 Å². The van der Waals surface area contributed by atoms with Crippen molar-refractivity contribution in [1.29, 1.82) is 5.26 Å². The number of hydrogen-bond acceptors (Lipinski definition) is 3. The van der Waals surface area contributed by atoms with Crippen molar-refractivity contribution < 1.29 is 4.79 Å². The lowest BCUT2D eigenvalue weighted by Crippen LogP contribution is -2.14. The number of rotatable bonds is 4. The molecule has 0 saturated carbocycles. The van der Waals surface area contributed by atoms with Crippen molar-refractivity contribution in [2.75, 3.05) is 10.6 Å². The largest absolute Gasteiger partial charge is 0.360 e. The number of nitrogens with zero attached hydrogens (tertiary/aromatic N) is 1. The summed E-state index contributed by atoms with van der Waals surface area (Å²) < 4.78 is 0. The Morgan fingerprint density at radius 3 is 2.38 bits per heavy atom. The lowest BCUT2D eigenvalue weighted by Gasteiger charge is -2.08. The highest BCUT2D eigenvalue weighted by atomic mass is 35.5. The van der Waals surface area contributed by atoms with Gasteiger partial charge in [-0.1, -0.05) is 46.4 Å². The molecule has 2 aromatic rings. The number of anilines is 2. The van der Waals surface area contributed by atoms with Gasteiger partial charge in [0.1, 0.15) is 11.6 Å². The maximum absolute atomic E-state index is 12.2. The van der Waals surface area contributed by atoms with Gasteiger partial charge in [0.05, 0.1) is 20.8 Å². The summed E-state index contributed by atoms with van der Waals surface area (Å²) in [5.74, 6) is -0.630. The Bertz CT molecular complexity index is 859. The van der Waals surface area contributed by atoms with Crippen LogP contribution in [0.4, 0.5) is 11.4 Å². The van der Waals surface area contributed by atoms with Gasteiger partial charge >= 0.3 is 0 Å². The maximum atomic E-state index is 12.2. The number of nitrogens with one attached hydrogen (secondary N) is 2. The van der Waals surface area contributed by atoms with E-state index in [0.29, 0.717) is 31.5 Å². The van der Waals surface area contributed by atoms with Gasteiger partial charge in [-0.05, 0) is 36.4 Å². The summed E-state index contributed by atoms with van der Waals surface area (Å²) in [6.07, 6.45) is 1.26. The standard InChI is InChI=1S/C16H9Cl4N3O/c17-10-1-3-13(19)15(5-10)23-16(24)9(7-21)8-22-11-2-4-12(18)14(20)6-11/h1-6,8,22H,(H,23,24)/b9-8-. The van der Waals surface area contributed by atoms with Crippen molar-refractivity contribution in [2.24, 2.45) is 0 Å². The van der Waals surface area contributed by atoms with E-state index in [1.54, 1.807) is 36.4 Å². The molecule has 0 aromatic heterocycles. The minimum absolute atomic E-state index is 0.155. The number of carbonyl (C=O) groups is 1. The van der Waals surface area contributed by atoms with E-state index in [-0.39, 0.29) is 5.57 Å². The van der Waals surface area contributed by atoms with Crippen LogP contribution in [-0.2, 0) is 4.79 Å². The summed E-state index contributed by atoms with van der Waals surface area (Å²) in [6, 6.07) is 11.3. The molecule has 0 aliphatic carbocycles. The smallest absolute Gasteiger partial charge is 0.267 e. The van der Waals surface area contributed by atoms with Crippen LogP contribution in [0.1, 0.15) is 0 Å². The first-order valence-corrected chi connectivity index (χ1v) is 8.00. The fourth-order valence-corrected chi connectivity index (χ4v) is 2.31. The summed E-state index contributed by atoms with van der Waals surface area (Å²) >= 11 is 23.6. The number of amides is 1. The molecular formula is C16H9Cl4N3O. The monoisotopic (exact) mass is 399 g/mol. The number of halogens is 4. The predicted octanol–water partition coefficient (Wildman–Crippen LogP) is 5.76. The number of carbonyl (C=O) groups excluding carboxylic acids is 1. The van der Waals surface area contributed by atoms with Gasteiger partial charge in [-0.3, -0.25) is 4.79 Å². The highest BCUT2D eigenvalue weighted by Crippen LogP contribution is 2.26. The molecule has 0 atom stereocenters. The molecule has 2 rings (SSSR count). The van der Waals surface area contributed by atoms with Crippen molar-refractivity contribution in [2.45, 2.75) is 0 Å². The number of nitriles is 1. The first kappa shape index (κ1) is 18.4. The quantitative estimate of drug-likeness (QED) is 0.506. The van der Waals surface area contributed by atoms with Crippen LogP contribution in [-0.4, -0.2) is 5.91 Å². The fraction of sp³-hybridized carbons (Fsp3) is 0. The second kappa shape index (κ2) is 8.27. The topological polar surface area (TPSA) is 64.9 Å². The van der Waals surface area contributed by atoms with Gasteiger partial charge < -0.3 is 10.6 Å². The fourth-order valence-electron chi connectivity index (χ4n) is 1.67. The molecule has 8 heteroatoms. The van der Waals surface area contributed by atoms with Crippen molar-refractivity contribution in [3.63, 3.8) is 0 Å². The third kappa shape index (κ3) is 4.80. The van der Waals surface area contributed by atoms with Gasteiger partial charge in [-0.15, -0.1) is 0 Å². The third-order valence-corrected chi connectivity index (χ3v) is 4.15. The molecule has 0 heterocycles. The minimum Gasteiger partial charge on any atom is -0.360 e. The lowest BCUT2D eigenvalue weighted by molar-refractivity contribution is -0.112. The Morgan fingerprint density at radius 1 is 1.00 bits per heavy atom. The van der Waals surface area contributed by atoms with E-state index in [0.717, 1.165) is 0 Å². The van der Waals surface area contributed by atoms with E-state index in [1.807, 2.05) is 0 Å². The summed E-state index contributed by atoms with van der Waals surface area (Å²) in [5.41, 5.74) is 0.729. The molecule has 0 spiro atoms. The maximum Gasteiger partial charge on any atom is 0.267 e. The summed E-state index contributed by atoms with van der Waals surface area (Å²) in [7, 11) is 0. The van der Waals surface area contributed by atoms with E-state index in [1.165, 1.54) is 12.3 Å². The molecule has 0 radical (unpaired) electrons. The van der Waals surface area contributed by atoms with Crippen molar-refractivity contribution in [1.82, 2.24) is 0 Å². The van der Waals surface area contributed by atoms with E-state index < -0.39 is 5.91 Å². The SMILES string of the molecule is N#C/C(=C/Nc1ccc(Cl)c(Cl)c1)C(=O)Nc1cc(Cl)ccc1Cl. The highest BCUT2D eigenvalue weighted by molar-refractivity contribution is 6.42. The molecule has 24 heavy (non-hydrogen) atoms. The first-order chi connectivity index (χ1) is 11.4. The van der Waals surface area contributed by atoms with Crippen LogP contribution in [0.2, 0.25) is 20.1 Å². The zero-order chi connectivity index (χ0) is 17.7. The van der Waals surface area contributed by atoms with Gasteiger partial charge in [-0.2, -0.15) is 5.26 Å². The number of benzene rings is 2. The Labute approximate surface area is 158 Å². The van der Waals surface area contributed by atoms with Crippen molar-refractivity contribution >= 4 is 63.7 Å². The normalized spacial score (nSPS) is 10.9. The first-order valence-electron chi connectivity index (χ1n) is 6.49. The molecular weight excluding hydrogens is 392 g/mol. The molecule has 0 fully saturated rings. The number of hydrogen-bond donors (Lipinski definition) is 2. The molecule has 0 aliphatic heterocycles. The second-order valence-corrected chi connectivity index (χ2v) is 6.18. The minimum atomic E-state index is -0.630. The summed E-state index contributed by atoms with van der Waals surface area (Å²) in [6.45, 7) is 0. The van der Waals surface area contributed by atoms with Crippen LogP contribution in [0.15, 0.2) is 48.2 Å². The van der Waals surface area contributed by atoms with Crippen LogP contribution < -0.4 is 10.6 Å². The second-order valence-electron chi connectivity index (χ2n) is 4.52. The van der Waals surface area contributed by atoms with Crippen LogP contribution in [0.5, 0.6) is 0 Å². The van der Waals surface area contributed by atoms with Crippen LogP contribution in [0, 0.1) is 11.3 Å². The Kier molecular flexibility index (Phi) is 6.36. The Hall–Kier alpha value is -1.90. The zero-order valence-corrected chi connectivity index (χ0v) is 14.9. The molecule has 0 bridgehead atoms. The average Bonchev–Trinajstić information content (AvgIpc) is 2.55. The zero-order valence-electron chi connectivity index (χ0n) is 11.9. The van der Waals surface area contributed by atoms with Gasteiger partial charge in [-0.25, -0.2) is 0 Å². The summed E-state index contributed by atoms with van der Waals surface area (Å²) in [5, 5.41) is 16.0. The van der Waals surface area contributed by atoms with Crippen molar-refractivity contribution in [3.05, 3.63) is 68.3 Å². The van der Waals surface area contributed by atoms with Crippen molar-refractivity contribution in [3.8, 4) is 6.07 Å². The Balaban J connectivity index is 2.15. The van der Waals surface area contributed by atoms with Crippen LogP contribution in [0.25, 0.3) is 0 Å².